The van der Waals surface area contributed by atoms with Gasteiger partial charge in [-0.1, -0.05) is 30.3 Å². The zero-order chi connectivity index (χ0) is 21.3. The van der Waals surface area contributed by atoms with Gasteiger partial charge in [-0.25, -0.2) is 0 Å². The number of guanidine groups is 1. The molecule has 6 nitrogen and oxygen atoms in total. The first kappa shape index (κ1) is 21.9. The minimum absolute atomic E-state index is 0.193. The summed E-state index contributed by atoms with van der Waals surface area (Å²) in [6, 6.07) is 15.1. The third kappa shape index (κ3) is 6.84. The number of benzene rings is 1. The van der Waals surface area contributed by atoms with Crippen LogP contribution in [0.1, 0.15) is 43.6 Å². The number of furan rings is 1. The Kier molecular flexibility index (Phi) is 8.02. The van der Waals surface area contributed by atoms with E-state index >= 15 is 0 Å². The van der Waals surface area contributed by atoms with E-state index in [1.54, 1.807) is 6.26 Å². The molecule has 3 heterocycles. The third-order valence-electron chi connectivity index (χ3n) is 6.33. The van der Waals surface area contributed by atoms with E-state index in [1.165, 1.54) is 18.5 Å². The van der Waals surface area contributed by atoms with Gasteiger partial charge in [0.15, 0.2) is 5.96 Å². The van der Waals surface area contributed by atoms with Crippen LogP contribution in [0.15, 0.2) is 58.1 Å². The van der Waals surface area contributed by atoms with Crippen LogP contribution in [-0.2, 0) is 11.2 Å². The van der Waals surface area contributed by atoms with Crippen molar-refractivity contribution >= 4 is 5.96 Å². The Morgan fingerprint density at radius 2 is 1.97 bits per heavy atom. The van der Waals surface area contributed by atoms with E-state index in [-0.39, 0.29) is 6.04 Å². The second-order valence-corrected chi connectivity index (χ2v) is 8.79. The largest absolute Gasteiger partial charge is 0.469 e. The predicted octanol–water partition coefficient (Wildman–Crippen LogP) is 3.62. The first-order valence-electron chi connectivity index (χ1n) is 11.7. The molecule has 0 aliphatic carbocycles. The van der Waals surface area contributed by atoms with Gasteiger partial charge in [0.2, 0.25) is 0 Å². The number of nitrogens with one attached hydrogen (secondary N) is 2. The highest BCUT2D eigenvalue weighted by atomic mass is 16.5. The summed E-state index contributed by atoms with van der Waals surface area (Å²) in [5, 5.41) is 7.32. The molecule has 168 valence electrons. The van der Waals surface area contributed by atoms with Crippen molar-refractivity contribution in [3.8, 4) is 0 Å². The monoisotopic (exact) mass is 424 g/mol. The van der Waals surface area contributed by atoms with Crippen molar-refractivity contribution in [3.05, 3.63) is 60.1 Å². The number of likely N-dealkylation sites (tertiary alicyclic amines) is 1. The molecule has 6 heteroatoms. The Balaban J connectivity index is 1.31. The van der Waals surface area contributed by atoms with E-state index in [0.717, 1.165) is 63.2 Å². The van der Waals surface area contributed by atoms with Gasteiger partial charge in [0, 0.05) is 45.2 Å². The summed E-state index contributed by atoms with van der Waals surface area (Å²) < 4.78 is 11.0. The summed E-state index contributed by atoms with van der Waals surface area (Å²) in [5.41, 5.74) is 1.26. The average Bonchev–Trinajstić information content (AvgIpc) is 3.50. The molecule has 2 unspecified atom stereocenters. The number of nitrogens with zero attached hydrogens (tertiary/aromatic N) is 2. The molecular weight excluding hydrogens is 388 g/mol. The standard InChI is InChI=1S/C25H36N4O2/c1-20(22-6-3-2-4-7-22)27-25(26-13-9-24-8-5-16-31-24)28-23-10-14-29(15-11-23)18-21-12-17-30-19-21/h2-8,16,20-21,23H,9-15,17-19H2,1H3,(H2,26,27,28). The fourth-order valence-corrected chi connectivity index (χ4v) is 4.44. The second-order valence-electron chi connectivity index (χ2n) is 8.79. The molecule has 2 fully saturated rings. The minimum Gasteiger partial charge on any atom is -0.469 e. The van der Waals surface area contributed by atoms with Crippen molar-refractivity contribution in [3.63, 3.8) is 0 Å². The molecule has 2 aliphatic heterocycles. The Hall–Kier alpha value is -2.31. The molecular formula is C25H36N4O2. The van der Waals surface area contributed by atoms with Gasteiger partial charge in [-0.2, -0.15) is 0 Å². The maximum Gasteiger partial charge on any atom is 0.191 e. The highest BCUT2D eigenvalue weighted by molar-refractivity contribution is 5.80. The lowest BCUT2D eigenvalue weighted by Gasteiger charge is -2.34. The molecule has 0 bridgehead atoms. The molecule has 0 saturated carbocycles. The van der Waals surface area contributed by atoms with Crippen LogP contribution in [0.3, 0.4) is 0 Å². The Morgan fingerprint density at radius 1 is 1.13 bits per heavy atom. The van der Waals surface area contributed by atoms with Crippen LogP contribution in [0.4, 0.5) is 0 Å². The van der Waals surface area contributed by atoms with Crippen molar-refractivity contribution in [1.29, 1.82) is 0 Å². The molecule has 0 radical (unpaired) electrons. The number of hydrogen-bond acceptors (Lipinski definition) is 4. The van der Waals surface area contributed by atoms with Gasteiger partial charge in [0.05, 0.1) is 18.9 Å². The van der Waals surface area contributed by atoms with Crippen LogP contribution in [0, 0.1) is 5.92 Å². The van der Waals surface area contributed by atoms with E-state index in [1.807, 2.05) is 12.1 Å². The average molecular weight is 425 g/mol. The summed E-state index contributed by atoms with van der Waals surface area (Å²) in [5.74, 6) is 2.59. The molecule has 2 saturated heterocycles. The second kappa shape index (κ2) is 11.3. The SMILES string of the molecule is CC(NC(=NCCc1ccco1)NC1CCN(CC2CCOC2)CC1)c1ccccc1. The van der Waals surface area contributed by atoms with Crippen LogP contribution in [0.25, 0.3) is 0 Å². The zero-order valence-corrected chi connectivity index (χ0v) is 18.6. The molecule has 2 N–H and O–H groups in total. The smallest absolute Gasteiger partial charge is 0.191 e. The summed E-state index contributed by atoms with van der Waals surface area (Å²) in [7, 11) is 0. The lowest BCUT2D eigenvalue weighted by molar-refractivity contribution is 0.150. The van der Waals surface area contributed by atoms with Gasteiger partial charge in [-0.15, -0.1) is 0 Å². The van der Waals surface area contributed by atoms with Crippen LogP contribution in [-0.4, -0.2) is 56.3 Å². The molecule has 2 atom stereocenters. The van der Waals surface area contributed by atoms with Crippen LogP contribution < -0.4 is 10.6 Å². The van der Waals surface area contributed by atoms with Crippen LogP contribution >= 0.6 is 0 Å². The van der Waals surface area contributed by atoms with Gasteiger partial charge in [0.1, 0.15) is 5.76 Å². The van der Waals surface area contributed by atoms with Crippen molar-refractivity contribution in [2.24, 2.45) is 10.9 Å². The van der Waals surface area contributed by atoms with E-state index in [9.17, 15) is 0 Å². The Labute approximate surface area is 186 Å². The molecule has 0 spiro atoms. The van der Waals surface area contributed by atoms with Gasteiger partial charge in [-0.3, -0.25) is 4.99 Å². The zero-order valence-electron chi connectivity index (χ0n) is 18.6. The Morgan fingerprint density at radius 3 is 2.68 bits per heavy atom. The van der Waals surface area contributed by atoms with E-state index < -0.39 is 0 Å². The number of aliphatic imine (C=N–C) groups is 1. The number of piperidine rings is 1. The minimum atomic E-state index is 0.193. The van der Waals surface area contributed by atoms with Crippen LogP contribution in [0.5, 0.6) is 0 Å². The summed E-state index contributed by atoms with van der Waals surface area (Å²) in [4.78, 5) is 7.47. The quantitative estimate of drug-likeness (QED) is 0.501. The first-order valence-corrected chi connectivity index (χ1v) is 11.7. The van der Waals surface area contributed by atoms with Gasteiger partial charge < -0.3 is 24.7 Å². The van der Waals surface area contributed by atoms with E-state index in [4.69, 9.17) is 14.1 Å². The highest BCUT2D eigenvalue weighted by Crippen LogP contribution is 2.18. The van der Waals surface area contributed by atoms with Crippen molar-refractivity contribution in [2.75, 3.05) is 39.4 Å². The Bertz CT molecular complexity index is 779. The molecule has 1 aromatic carbocycles. The highest BCUT2D eigenvalue weighted by Gasteiger charge is 2.24. The van der Waals surface area contributed by atoms with Crippen molar-refractivity contribution < 1.29 is 9.15 Å². The molecule has 1 aromatic heterocycles. The van der Waals surface area contributed by atoms with Crippen molar-refractivity contribution in [2.45, 2.75) is 44.7 Å². The maximum absolute atomic E-state index is 5.54. The maximum atomic E-state index is 5.54. The third-order valence-corrected chi connectivity index (χ3v) is 6.33. The van der Waals surface area contributed by atoms with Gasteiger partial charge >= 0.3 is 0 Å². The van der Waals surface area contributed by atoms with Crippen LogP contribution in [0.2, 0.25) is 0 Å². The first-order chi connectivity index (χ1) is 15.3. The number of hydrogen-bond donors (Lipinski definition) is 2. The molecule has 0 amide bonds. The lowest BCUT2D eigenvalue weighted by Crippen LogP contribution is -2.49. The summed E-state index contributed by atoms with van der Waals surface area (Å²) >= 11 is 0. The fourth-order valence-electron chi connectivity index (χ4n) is 4.44. The van der Waals surface area contributed by atoms with Gasteiger partial charge in [0.25, 0.3) is 0 Å². The van der Waals surface area contributed by atoms with Crippen molar-refractivity contribution in [1.82, 2.24) is 15.5 Å². The lowest BCUT2D eigenvalue weighted by atomic mass is 10.0. The molecule has 4 rings (SSSR count). The summed E-state index contributed by atoms with van der Waals surface area (Å²) in [6.45, 7) is 8.22. The number of ether oxygens (including phenoxy) is 1. The normalized spacial score (nSPS) is 21.8. The number of rotatable bonds is 8. The topological polar surface area (TPSA) is 62.0 Å². The summed E-state index contributed by atoms with van der Waals surface area (Å²) in [6.07, 6.45) is 6.03. The molecule has 2 aromatic rings. The molecule has 2 aliphatic rings. The fraction of sp³-hybridized carbons (Fsp3) is 0.560. The van der Waals surface area contributed by atoms with E-state index in [0.29, 0.717) is 12.6 Å². The molecule has 31 heavy (non-hydrogen) atoms. The van der Waals surface area contributed by atoms with E-state index in [2.05, 4.69) is 52.8 Å². The predicted molar refractivity (Wildman–Crippen MR) is 124 cm³/mol. The van der Waals surface area contributed by atoms with Gasteiger partial charge in [-0.05, 0) is 49.8 Å².